The zero-order valence-electron chi connectivity index (χ0n) is 11.0. The van der Waals surface area contributed by atoms with Crippen LogP contribution >= 0.6 is 0 Å². The van der Waals surface area contributed by atoms with Crippen LogP contribution in [0.3, 0.4) is 0 Å². The molecule has 4 rings (SSSR count). The van der Waals surface area contributed by atoms with Gasteiger partial charge in [-0.05, 0) is 49.3 Å². The second-order valence-corrected chi connectivity index (χ2v) is 5.95. The predicted octanol–water partition coefficient (Wildman–Crippen LogP) is 1.27. The molecule has 2 bridgehead atoms. The van der Waals surface area contributed by atoms with E-state index < -0.39 is 0 Å². The van der Waals surface area contributed by atoms with Crippen molar-refractivity contribution in [3.8, 4) is 0 Å². The molecule has 2 aliphatic rings. The summed E-state index contributed by atoms with van der Waals surface area (Å²) in [5, 5.41) is 13.6. The smallest absolute Gasteiger partial charge is 0.229 e. The highest BCUT2D eigenvalue weighted by atomic mass is 16.2. The first kappa shape index (κ1) is 11.8. The van der Waals surface area contributed by atoms with Crippen molar-refractivity contribution in [3.63, 3.8) is 0 Å². The lowest BCUT2D eigenvalue weighted by molar-refractivity contribution is -0.121. The van der Waals surface area contributed by atoms with Crippen molar-refractivity contribution in [1.82, 2.24) is 15.4 Å². The van der Waals surface area contributed by atoms with E-state index in [1.54, 1.807) is 0 Å². The lowest BCUT2D eigenvalue weighted by Crippen LogP contribution is -2.42. The first-order valence-electron chi connectivity index (χ1n) is 7.09. The Morgan fingerprint density at radius 3 is 2.85 bits per heavy atom. The number of fused-ring (bicyclic) bond motifs is 3. The lowest BCUT2D eigenvalue weighted by atomic mass is 9.84. The van der Waals surface area contributed by atoms with E-state index in [1.165, 1.54) is 6.42 Å². The van der Waals surface area contributed by atoms with Crippen molar-refractivity contribution in [3.05, 3.63) is 18.2 Å². The molecule has 2 aliphatic carbocycles. The monoisotopic (exact) mass is 271 g/mol. The number of aromatic nitrogens is 3. The molecule has 0 radical (unpaired) electrons. The molecular formula is C14H17N5O. The molecule has 2 fully saturated rings. The van der Waals surface area contributed by atoms with Gasteiger partial charge in [-0.2, -0.15) is 15.4 Å². The van der Waals surface area contributed by atoms with Gasteiger partial charge in [0.2, 0.25) is 5.91 Å². The van der Waals surface area contributed by atoms with Gasteiger partial charge in [0.05, 0.1) is 5.92 Å². The molecule has 1 amide bonds. The quantitative estimate of drug-likeness (QED) is 0.766. The van der Waals surface area contributed by atoms with E-state index in [0.29, 0.717) is 11.8 Å². The van der Waals surface area contributed by atoms with Crippen LogP contribution in [0.15, 0.2) is 18.2 Å². The van der Waals surface area contributed by atoms with Crippen molar-refractivity contribution in [2.24, 2.45) is 23.5 Å². The predicted molar refractivity (Wildman–Crippen MR) is 74.8 cm³/mol. The number of carbonyl (C=O) groups is 1. The average molecular weight is 271 g/mol. The van der Waals surface area contributed by atoms with Crippen LogP contribution in [-0.2, 0) is 4.79 Å². The van der Waals surface area contributed by atoms with Gasteiger partial charge in [0.15, 0.2) is 0 Å². The molecule has 20 heavy (non-hydrogen) atoms. The maximum atomic E-state index is 12.5. The first-order valence-corrected chi connectivity index (χ1v) is 7.09. The Balaban J connectivity index is 1.54. The van der Waals surface area contributed by atoms with E-state index in [2.05, 4.69) is 20.7 Å². The molecule has 1 aromatic heterocycles. The summed E-state index contributed by atoms with van der Waals surface area (Å²) in [5.41, 5.74) is 8.50. The standard InChI is InChI=1S/C14H17N5O/c15-13-8-2-1-7(5-8)12(13)14(20)16-9-3-4-10-11(6-9)18-19-17-10/h3-4,6-8,12-13H,1-2,5,15H2,(H,16,20)(H,17,18,19). The van der Waals surface area contributed by atoms with E-state index in [9.17, 15) is 4.79 Å². The van der Waals surface area contributed by atoms with E-state index in [1.807, 2.05) is 18.2 Å². The molecule has 0 spiro atoms. The Morgan fingerprint density at radius 2 is 2.05 bits per heavy atom. The van der Waals surface area contributed by atoms with Gasteiger partial charge >= 0.3 is 0 Å². The number of anilines is 1. The summed E-state index contributed by atoms with van der Waals surface area (Å²) in [7, 11) is 0. The Morgan fingerprint density at radius 1 is 1.25 bits per heavy atom. The number of hydrogen-bond donors (Lipinski definition) is 3. The van der Waals surface area contributed by atoms with E-state index in [-0.39, 0.29) is 17.9 Å². The highest BCUT2D eigenvalue weighted by Gasteiger charge is 2.49. The minimum atomic E-state index is -0.0400. The van der Waals surface area contributed by atoms with E-state index in [4.69, 9.17) is 5.73 Å². The Labute approximate surface area is 116 Å². The van der Waals surface area contributed by atoms with Gasteiger partial charge in [-0.1, -0.05) is 0 Å². The fraction of sp³-hybridized carbons (Fsp3) is 0.500. The number of rotatable bonds is 2. The molecular weight excluding hydrogens is 254 g/mol. The van der Waals surface area contributed by atoms with Crippen molar-refractivity contribution in [2.45, 2.75) is 25.3 Å². The Bertz CT molecular complexity index is 664. The number of aromatic amines is 1. The number of benzene rings is 1. The molecule has 4 unspecified atom stereocenters. The van der Waals surface area contributed by atoms with Crippen LogP contribution in [0.2, 0.25) is 0 Å². The third-order valence-corrected chi connectivity index (χ3v) is 4.87. The molecule has 4 N–H and O–H groups in total. The van der Waals surface area contributed by atoms with Gasteiger partial charge in [-0.25, -0.2) is 0 Å². The van der Waals surface area contributed by atoms with Gasteiger partial charge in [0.1, 0.15) is 11.0 Å². The van der Waals surface area contributed by atoms with Gasteiger partial charge in [-0.15, -0.1) is 0 Å². The molecule has 6 heteroatoms. The normalized spacial score (nSPS) is 31.9. The summed E-state index contributed by atoms with van der Waals surface area (Å²) in [4.78, 5) is 12.5. The number of amides is 1. The summed E-state index contributed by atoms with van der Waals surface area (Å²) in [6, 6.07) is 5.54. The van der Waals surface area contributed by atoms with Crippen molar-refractivity contribution in [1.29, 1.82) is 0 Å². The van der Waals surface area contributed by atoms with Crippen LogP contribution in [0.25, 0.3) is 11.0 Å². The molecule has 2 aromatic rings. The fourth-order valence-corrected chi connectivity index (χ4v) is 3.87. The SMILES string of the molecule is NC1C2CCC(C2)C1C(=O)Nc1ccc2n[nH]nc2c1. The summed E-state index contributed by atoms with van der Waals surface area (Å²) in [6.45, 7) is 0. The highest BCUT2D eigenvalue weighted by Crippen LogP contribution is 2.47. The number of nitrogens with zero attached hydrogens (tertiary/aromatic N) is 2. The Hall–Kier alpha value is -1.95. The van der Waals surface area contributed by atoms with Gasteiger partial charge in [0, 0.05) is 11.7 Å². The third-order valence-electron chi connectivity index (χ3n) is 4.87. The average Bonchev–Trinajstić information content (AvgIpc) is 3.12. The number of hydrogen-bond acceptors (Lipinski definition) is 4. The summed E-state index contributed by atoms with van der Waals surface area (Å²) in [5.74, 6) is 1.01. The van der Waals surface area contributed by atoms with E-state index >= 15 is 0 Å². The highest BCUT2D eigenvalue weighted by molar-refractivity contribution is 5.95. The lowest BCUT2D eigenvalue weighted by Gasteiger charge is -2.26. The minimum absolute atomic E-state index is 0.0181. The Kier molecular flexibility index (Phi) is 2.53. The maximum Gasteiger partial charge on any atom is 0.229 e. The van der Waals surface area contributed by atoms with Crippen molar-refractivity contribution >= 4 is 22.6 Å². The maximum absolute atomic E-state index is 12.5. The molecule has 104 valence electrons. The third kappa shape index (κ3) is 1.71. The molecule has 0 aliphatic heterocycles. The second kappa shape index (κ2) is 4.28. The number of carbonyl (C=O) groups excluding carboxylic acids is 1. The van der Waals surface area contributed by atoms with Gasteiger partial charge in [-0.3, -0.25) is 4.79 Å². The summed E-state index contributed by atoms with van der Waals surface area (Å²) < 4.78 is 0. The molecule has 1 aromatic carbocycles. The largest absolute Gasteiger partial charge is 0.327 e. The number of nitrogens with one attached hydrogen (secondary N) is 2. The van der Waals surface area contributed by atoms with Crippen LogP contribution in [0.4, 0.5) is 5.69 Å². The molecule has 0 saturated heterocycles. The molecule has 6 nitrogen and oxygen atoms in total. The van der Waals surface area contributed by atoms with Crippen LogP contribution < -0.4 is 11.1 Å². The van der Waals surface area contributed by atoms with Crippen molar-refractivity contribution < 1.29 is 4.79 Å². The summed E-state index contributed by atoms with van der Waals surface area (Å²) >= 11 is 0. The van der Waals surface area contributed by atoms with E-state index in [0.717, 1.165) is 29.6 Å². The van der Waals surface area contributed by atoms with Crippen molar-refractivity contribution in [2.75, 3.05) is 5.32 Å². The number of nitrogens with two attached hydrogens (primary N) is 1. The van der Waals surface area contributed by atoms with Crippen LogP contribution in [0.1, 0.15) is 19.3 Å². The second-order valence-electron chi connectivity index (χ2n) is 5.95. The van der Waals surface area contributed by atoms with Gasteiger partial charge < -0.3 is 11.1 Å². The fourth-order valence-electron chi connectivity index (χ4n) is 3.87. The first-order chi connectivity index (χ1) is 9.72. The molecule has 2 saturated carbocycles. The topological polar surface area (TPSA) is 96.7 Å². The number of H-pyrrole nitrogens is 1. The summed E-state index contributed by atoms with van der Waals surface area (Å²) in [6.07, 6.45) is 3.43. The molecule has 4 atom stereocenters. The van der Waals surface area contributed by atoms with Gasteiger partial charge in [0.25, 0.3) is 0 Å². The molecule has 1 heterocycles. The zero-order valence-corrected chi connectivity index (χ0v) is 11.0. The van der Waals surface area contributed by atoms with Crippen LogP contribution in [0.5, 0.6) is 0 Å². The van der Waals surface area contributed by atoms with Crippen LogP contribution in [-0.4, -0.2) is 27.4 Å². The zero-order chi connectivity index (χ0) is 13.7. The van der Waals surface area contributed by atoms with Crippen LogP contribution in [0, 0.1) is 17.8 Å². The minimum Gasteiger partial charge on any atom is -0.327 e.